The zero-order valence-electron chi connectivity index (χ0n) is 8.32. The molecule has 4 nitrogen and oxygen atoms in total. The number of rotatable bonds is 1. The number of carbonyl (C=O) groups excluding carboxylic acids is 1. The summed E-state index contributed by atoms with van der Waals surface area (Å²) < 4.78 is 7.31. The monoisotopic (exact) mass is 268 g/mol. The van der Waals surface area contributed by atoms with Gasteiger partial charge in [0.05, 0.1) is 24.5 Å². The van der Waals surface area contributed by atoms with Crippen molar-refractivity contribution in [1.82, 2.24) is 9.55 Å². The second-order valence-electron chi connectivity index (χ2n) is 3.17. The van der Waals surface area contributed by atoms with Gasteiger partial charge in [-0.2, -0.15) is 0 Å². The number of benzene rings is 1. The number of nitrogens with zero attached hydrogens (tertiary/aromatic N) is 2. The smallest absolute Gasteiger partial charge is 0.337 e. The summed E-state index contributed by atoms with van der Waals surface area (Å²) >= 11 is 3.37. The first kappa shape index (κ1) is 10.2. The zero-order chi connectivity index (χ0) is 11.0. The SMILES string of the molecule is COC(=O)c1cc(Br)c2ncn(C)c2c1. The van der Waals surface area contributed by atoms with Crippen molar-refractivity contribution in [3.05, 3.63) is 28.5 Å². The van der Waals surface area contributed by atoms with Crippen molar-refractivity contribution < 1.29 is 9.53 Å². The van der Waals surface area contributed by atoms with Gasteiger partial charge in [0.15, 0.2) is 0 Å². The predicted molar refractivity (Wildman–Crippen MR) is 59.8 cm³/mol. The molecule has 78 valence electrons. The Kier molecular flexibility index (Phi) is 2.48. The van der Waals surface area contributed by atoms with Crippen molar-refractivity contribution >= 4 is 32.9 Å². The lowest BCUT2D eigenvalue weighted by atomic mass is 10.2. The van der Waals surface area contributed by atoms with E-state index < -0.39 is 0 Å². The van der Waals surface area contributed by atoms with E-state index in [-0.39, 0.29) is 5.97 Å². The number of esters is 1. The van der Waals surface area contributed by atoms with E-state index in [2.05, 4.69) is 25.7 Å². The van der Waals surface area contributed by atoms with E-state index in [0.29, 0.717) is 5.56 Å². The summed E-state index contributed by atoms with van der Waals surface area (Å²) in [5.74, 6) is -0.348. The van der Waals surface area contributed by atoms with E-state index in [1.54, 1.807) is 18.5 Å². The maximum Gasteiger partial charge on any atom is 0.337 e. The quantitative estimate of drug-likeness (QED) is 0.745. The number of halogens is 1. The normalized spacial score (nSPS) is 10.6. The Morgan fingerprint density at radius 3 is 2.93 bits per heavy atom. The van der Waals surface area contributed by atoms with Gasteiger partial charge in [0.2, 0.25) is 0 Å². The van der Waals surface area contributed by atoms with Gasteiger partial charge in [-0.25, -0.2) is 9.78 Å². The molecule has 0 amide bonds. The molecule has 0 bridgehead atoms. The largest absolute Gasteiger partial charge is 0.465 e. The van der Waals surface area contributed by atoms with Crippen LogP contribution in [0.5, 0.6) is 0 Å². The minimum atomic E-state index is -0.348. The van der Waals surface area contributed by atoms with Crippen LogP contribution < -0.4 is 0 Å². The van der Waals surface area contributed by atoms with Crippen LogP contribution in [0.2, 0.25) is 0 Å². The van der Waals surface area contributed by atoms with Crippen LogP contribution in [0.15, 0.2) is 22.9 Å². The molecule has 2 rings (SSSR count). The number of hydrogen-bond acceptors (Lipinski definition) is 3. The number of imidazole rings is 1. The first-order chi connectivity index (χ1) is 7.13. The van der Waals surface area contributed by atoms with Crippen molar-refractivity contribution in [3.63, 3.8) is 0 Å². The van der Waals surface area contributed by atoms with Crippen molar-refractivity contribution in [3.8, 4) is 0 Å². The molecule has 0 fully saturated rings. The Morgan fingerprint density at radius 1 is 1.53 bits per heavy atom. The predicted octanol–water partition coefficient (Wildman–Crippen LogP) is 2.12. The Bertz CT molecular complexity index is 533. The second-order valence-corrected chi connectivity index (χ2v) is 4.03. The number of aryl methyl sites for hydroxylation is 1. The molecule has 0 saturated heterocycles. The molecule has 1 heterocycles. The third kappa shape index (κ3) is 1.63. The highest BCUT2D eigenvalue weighted by Gasteiger charge is 2.11. The van der Waals surface area contributed by atoms with Crippen LogP contribution in [0.4, 0.5) is 0 Å². The second kappa shape index (κ2) is 3.66. The van der Waals surface area contributed by atoms with Crippen molar-refractivity contribution in [2.24, 2.45) is 7.05 Å². The number of carbonyl (C=O) groups is 1. The van der Waals surface area contributed by atoms with Crippen LogP contribution in [0.3, 0.4) is 0 Å². The van der Waals surface area contributed by atoms with Crippen LogP contribution >= 0.6 is 15.9 Å². The van der Waals surface area contributed by atoms with Crippen molar-refractivity contribution in [1.29, 1.82) is 0 Å². The maximum atomic E-state index is 11.4. The first-order valence-electron chi connectivity index (χ1n) is 4.32. The summed E-state index contributed by atoms with van der Waals surface area (Å²) in [6.45, 7) is 0. The minimum Gasteiger partial charge on any atom is -0.465 e. The van der Waals surface area contributed by atoms with Crippen LogP contribution in [0.25, 0.3) is 11.0 Å². The van der Waals surface area contributed by atoms with E-state index in [9.17, 15) is 4.79 Å². The number of hydrogen-bond donors (Lipinski definition) is 0. The van der Waals surface area contributed by atoms with Crippen molar-refractivity contribution in [2.45, 2.75) is 0 Å². The molecule has 0 N–H and O–H groups in total. The molecular formula is C10H9BrN2O2. The molecule has 0 spiro atoms. The molecule has 0 saturated carbocycles. The average molecular weight is 269 g/mol. The minimum absolute atomic E-state index is 0.348. The highest BCUT2D eigenvalue weighted by molar-refractivity contribution is 9.10. The topological polar surface area (TPSA) is 44.1 Å². The Hall–Kier alpha value is -1.36. The zero-order valence-corrected chi connectivity index (χ0v) is 9.91. The van der Waals surface area contributed by atoms with E-state index in [1.807, 2.05) is 11.6 Å². The summed E-state index contributed by atoms with van der Waals surface area (Å²) in [6.07, 6.45) is 1.70. The Balaban J connectivity index is 2.70. The molecule has 1 aromatic heterocycles. The Labute approximate surface area is 95.0 Å². The highest BCUT2D eigenvalue weighted by Crippen LogP contribution is 2.24. The van der Waals surface area contributed by atoms with E-state index in [0.717, 1.165) is 15.5 Å². The van der Waals surface area contributed by atoms with Crippen LogP contribution in [-0.2, 0) is 11.8 Å². The number of aromatic nitrogens is 2. The fraction of sp³-hybridized carbons (Fsp3) is 0.200. The van der Waals surface area contributed by atoms with Gasteiger partial charge < -0.3 is 9.30 Å². The van der Waals surface area contributed by atoms with Gasteiger partial charge in [0, 0.05) is 11.5 Å². The highest BCUT2D eigenvalue weighted by atomic mass is 79.9. The molecule has 15 heavy (non-hydrogen) atoms. The summed E-state index contributed by atoms with van der Waals surface area (Å²) in [5, 5.41) is 0. The molecule has 0 aliphatic heterocycles. The number of fused-ring (bicyclic) bond motifs is 1. The lowest BCUT2D eigenvalue weighted by molar-refractivity contribution is 0.0601. The van der Waals surface area contributed by atoms with Crippen LogP contribution in [0.1, 0.15) is 10.4 Å². The summed E-state index contributed by atoms with van der Waals surface area (Å²) in [7, 11) is 3.24. The summed E-state index contributed by atoms with van der Waals surface area (Å²) in [6, 6.07) is 3.47. The molecule has 1 aromatic carbocycles. The maximum absolute atomic E-state index is 11.4. The lowest BCUT2D eigenvalue weighted by Crippen LogP contribution is -2.01. The van der Waals surface area contributed by atoms with E-state index >= 15 is 0 Å². The van der Waals surface area contributed by atoms with Gasteiger partial charge in [0.1, 0.15) is 5.52 Å². The van der Waals surface area contributed by atoms with Gasteiger partial charge in [-0.3, -0.25) is 0 Å². The number of methoxy groups -OCH3 is 1. The van der Waals surface area contributed by atoms with Gasteiger partial charge in [-0.05, 0) is 28.1 Å². The molecular weight excluding hydrogens is 260 g/mol. The summed E-state index contributed by atoms with van der Waals surface area (Å²) in [5.41, 5.74) is 2.25. The van der Waals surface area contributed by atoms with Crippen LogP contribution in [0, 0.1) is 0 Å². The lowest BCUT2D eigenvalue weighted by Gasteiger charge is -2.02. The number of ether oxygens (including phenoxy) is 1. The van der Waals surface area contributed by atoms with Gasteiger partial charge in [0.25, 0.3) is 0 Å². The molecule has 2 aromatic rings. The van der Waals surface area contributed by atoms with E-state index in [1.165, 1.54) is 7.11 Å². The fourth-order valence-electron chi connectivity index (χ4n) is 1.42. The molecule has 0 unspecified atom stereocenters. The fourth-order valence-corrected chi connectivity index (χ4v) is 1.98. The van der Waals surface area contributed by atoms with Gasteiger partial charge in [-0.15, -0.1) is 0 Å². The molecule has 0 aliphatic carbocycles. The van der Waals surface area contributed by atoms with Crippen LogP contribution in [-0.4, -0.2) is 22.6 Å². The first-order valence-corrected chi connectivity index (χ1v) is 5.11. The van der Waals surface area contributed by atoms with Gasteiger partial charge in [-0.1, -0.05) is 0 Å². The molecule has 5 heteroatoms. The Morgan fingerprint density at radius 2 is 2.27 bits per heavy atom. The molecule has 0 radical (unpaired) electrons. The third-order valence-electron chi connectivity index (χ3n) is 2.20. The average Bonchev–Trinajstić information content (AvgIpc) is 2.60. The standard InChI is InChI=1S/C10H9BrN2O2/c1-13-5-12-9-7(11)3-6(4-8(9)13)10(14)15-2/h3-5H,1-2H3. The van der Waals surface area contributed by atoms with Gasteiger partial charge >= 0.3 is 5.97 Å². The van der Waals surface area contributed by atoms with E-state index in [4.69, 9.17) is 0 Å². The summed E-state index contributed by atoms with van der Waals surface area (Å²) in [4.78, 5) is 15.6. The van der Waals surface area contributed by atoms with Crippen molar-refractivity contribution in [2.75, 3.05) is 7.11 Å². The molecule has 0 atom stereocenters. The third-order valence-corrected chi connectivity index (χ3v) is 2.81. The molecule has 0 aliphatic rings.